The summed E-state index contributed by atoms with van der Waals surface area (Å²) in [4.78, 5) is 44.8. The van der Waals surface area contributed by atoms with Crippen LogP contribution >= 0.6 is 11.3 Å². The van der Waals surface area contributed by atoms with Gasteiger partial charge in [-0.1, -0.05) is 30.3 Å². The van der Waals surface area contributed by atoms with Gasteiger partial charge >= 0.3 is 5.97 Å². The topological polar surface area (TPSA) is 167 Å². The number of benzene rings is 1. The van der Waals surface area contributed by atoms with E-state index in [4.69, 9.17) is 10.2 Å². The van der Waals surface area contributed by atoms with Crippen LogP contribution in [0.1, 0.15) is 42.6 Å². The van der Waals surface area contributed by atoms with Crippen LogP contribution in [0.4, 0.5) is 0 Å². The Morgan fingerprint density at radius 1 is 1.16 bits per heavy atom. The van der Waals surface area contributed by atoms with E-state index in [1.54, 1.807) is 30.3 Å². The molecule has 0 bridgehead atoms. The number of carbonyl (C=O) groups is 3. The molecule has 0 unspecified atom stereocenters. The lowest BCUT2D eigenvalue weighted by atomic mass is 10.1. The monoisotopic (exact) mass is 438 g/mol. The van der Waals surface area contributed by atoms with Crippen LogP contribution in [0.2, 0.25) is 0 Å². The van der Waals surface area contributed by atoms with E-state index in [1.165, 1.54) is 24.5 Å². The molecule has 156 valence electrons. The molecule has 11 nitrogen and oxygen atoms in total. The van der Waals surface area contributed by atoms with Crippen LogP contribution in [0.15, 0.2) is 40.9 Å². The number of aromatic carboxylic acids is 1. The third-order valence-electron chi connectivity index (χ3n) is 4.13. The maximum atomic E-state index is 11.9. The predicted molar refractivity (Wildman–Crippen MR) is 108 cm³/mol. The van der Waals surface area contributed by atoms with Crippen LogP contribution < -0.4 is 5.73 Å². The molecule has 31 heavy (non-hydrogen) atoms. The summed E-state index contributed by atoms with van der Waals surface area (Å²) in [6.45, 7) is 1.50. The second-order valence-electron chi connectivity index (χ2n) is 6.33. The van der Waals surface area contributed by atoms with Gasteiger partial charge in [-0.3, -0.25) is 9.59 Å². The van der Waals surface area contributed by atoms with Gasteiger partial charge in [-0.25, -0.2) is 9.78 Å². The molecule has 4 aromatic rings. The van der Waals surface area contributed by atoms with Gasteiger partial charge in [-0.2, -0.15) is 9.78 Å². The molecule has 0 aliphatic carbocycles. The second kappa shape index (κ2) is 7.91. The fourth-order valence-electron chi connectivity index (χ4n) is 2.75. The van der Waals surface area contributed by atoms with Crippen LogP contribution in [-0.4, -0.2) is 47.7 Å². The highest BCUT2D eigenvalue weighted by Crippen LogP contribution is 2.30. The van der Waals surface area contributed by atoms with Crippen molar-refractivity contribution in [2.45, 2.75) is 13.5 Å². The van der Waals surface area contributed by atoms with Crippen molar-refractivity contribution >= 4 is 29.0 Å². The molecule has 0 saturated heterocycles. The highest BCUT2D eigenvalue weighted by molar-refractivity contribution is 7.13. The Hall–Kier alpha value is -4.19. The summed E-state index contributed by atoms with van der Waals surface area (Å²) in [5, 5.41) is 18.3. The van der Waals surface area contributed by atoms with Crippen molar-refractivity contribution in [1.29, 1.82) is 0 Å². The average Bonchev–Trinajstić information content (AvgIpc) is 3.46. The molecule has 1 amide bonds. The van der Waals surface area contributed by atoms with E-state index < -0.39 is 11.9 Å². The highest BCUT2D eigenvalue weighted by atomic mass is 32.1. The molecule has 0 aliphatic rings. The van der Waals surface area contributed by atoms with E-state index in [0.29, 0.717) is 15.4 Å². The molecule has 0 saturated carbocycles. The van der Waals surface area contributed by atoms with Crippen molar-refractivity contribution in [2.24, 2.45) is 5.73 Å². The molecule has 1 aromatic carbocycles. The van der Waals surface area contributed by atoms with Crippen molar-refractivity contribution < 1.29 is 23.9 Å². The normalized spacial score (nSPS) is 10.9. The molecule has 0 fully saturated rings. The van der Waals surface area contributed by atoms with Crippen molar-refractivity contribution in [3.8, 4) is 22.9 Å². The summed E-state index contributed by atoms with van der Waals surface area (Å²) in [6, 6.07) is 8.54. The summed E-state index contributed by atoms with van der Waals surface area (Å²) in [7, 11) is 0. The molecule has 0 radical (unpaired) electrons. The number of nitrogens with zero attached hydrogens (tertiary/aromatic N) is 5. The maximum Gasteiger partial charge on any atom is 0.358 e. The first kappa shape index (κ1) is 20.1. The van der Waals surface area contributed by atoms with Gasteiger partial charge in [0.25, 0.3) is 11.8 Å². The molecule has 3 heterocycles. The Labute approximate surface area is 178 Å². The summed E-state index contributed by atoms with van der Waals surface area (Å²) in [5.74, 6) is -2.51. The third-order valence-corrected chi connectivity index (χ3v) is 5.22. The Bertz CT molecular complexity index is 1310. The van der Waals surface area contributed by atoms with E-state index in [0.717, 1.165) is 4.80 Å². The third kappa shape index (κ3) is 3.96. The van der Waals surface area contributed by atoms with Crippen molar-refractivity contribution in [3.63, 3.8) is 0 Å². The van der Waals surface area contributed by atoms with Gasteiger partial charge in [0.1, 0.15) is 11.6 Å². The number of aromatic nitrogens is 5. The SMILES string of the molecule is CC(=O)c1cnc(Cn2nc(C(N)=O)c(-c3nc(C(=O)O)c(-c4ccccc4)o3)n2)s1. The number of ketones is 1. The lowest BCUT2D eigenvalue weighted by molar-refractivity contribution is 0.0691. The molecule has 3 aromatic heterocycles. The Balaban J connectivity index is 1.76. The number of Topliss-reactive ketones (excluding diaryl/α,β-unsaturated/α-hetero) is 1. The highest BCUT2D eigenvalue weighted by Gasteiger charge is 2.27. The predicted octanol–water partition coefficient (Wildman–Crippen LogP) is 2.10. The standard InChI is InChI=1S/C19H14N6O5S/c1-9(26)11-7-21-12(31-11)8-25-23-13(17(20)27)14(24-25)18-22-15(19(28)29)16(30-18)10-5-3-2-4-6-10/h2-7H,8H2,1H3,(H2,20,27)(H,28,29). The zero-order chi connectivity index (χ0) is 22.1. The molecule has 4 rings (SSSR count). The molecular weight excluding hydrogens is 424 g/mol. The van der Waals surface area contributed by atoms with E-state index in [2.05, 4.69) is 20.2 Å². The maximum absolute atomic E-state index is 11.9. The molecule has 12 heteroatoms. The summed E-state index contributed by atoms with van der Waals surface area (Å²) >= 11 is 1.17. The van der Waals surface area contributed by atoms with Crippen LogP contribution in [-0.2, 0) is 6.54 Å². The number of hydrogen-bond donors (Lipinski definition) is 2. The number of primary amides is 1. The number of thiazole rings is 1. The first-order valence-corrected chi connectivity index (χ1v) is 9.65. The molecule has 3 N–H and O–H groups in total. The van der Waals surface area contributed by atoms with Gasteiger partial charge in [-0.05, 0) is 0 Å². The zero-order valence-corrected chi connectivity index (χ0v) is 16.8. The van der Waals surface area contributed by atoms with Crippen LogP contribution in [0.3, 0.4) is 0 Å². The number of hydrogen-bond acceptors (Lipinski definition) is 9. The smallest absolute Gasteiger partial charge is 0.358 e. The molecular formula is C19H14N6O5S. The number of carboxylic acid groups (broad SMARTS) is 1. The van der Waals surface area contributed by atoms with Gasteiger partial charge in [0.2, 0.25) is 0 Å². The first-order chi connectivity index (χ1) is 14.8. The number of oxazole rings is 1. The minimum atomic E-state index is -1.30. The summed E-state index contributed by atoms with van der Waals surface area (Å²) in [5.41, 5.74) is 5.24. The number of amides is 1. The fourth-order valence-corrected chi connectivity index (χ4v) is 3.54. The van der Waals surface area contributed by atoms with E-state index >= 15 is 0 Å². The lowest BCUT2D eigenvalue weighted by Gasteiger charge is -1.96. The number of carbonyl (C=O) groups excluding carboxylic acids is 2. The van der Waals surface area contributed by atoms with Crippen LogP contribution in [0.5, 0.6) is 0 Å². The van der Waals surface area contributed by atoms with Gasteiger partial charge in [0.15, 0.2) is 28.6 Å². The van der Waals surface area contributed by atoms with Crippen LogP contribution in [0.25, 0.3) is 22.9 Å². The van der Waals surface area contributed by atoms with Crippen LogP contribution in [0, 0.1) is 0 Å². The molecule has 0 atom stereocenters. The Kier molecular flexibility index (Phi) is 5.13. The quantitative estimate of drug-likeness (QED) is 0.411. The summed E-state index contributed by atoms with van der Waals surface area (Å²) in [6.07, 6.45) is 1.45. The molecule has 0 aliphatic heterocycles. The van der Waals surface area contributed by atoms with E-state index in [9.17, 15) is 19.5 Å². The van der Waals surface area contributed by atoms with Crippen molar-refractivity contribution in [2.75, 3.05) is 0 Å². The largest absolute Gasteiger partial charge is 0.476 e. The van der Waals surface area contributed by atoms with Crippen molar-refractivity contribution in [1.82, 2.24) is 25.0 Å². The number of nitrogens with two attached hydrogens (primary N) is 1. The number of rotatable bonds is 7. The second-order valence-corrected chi connectivity index (χ2v) is 7.45. The fraction of sp³-hybridized carbons (Fsp3) is 0.105. The molecule has 0 spiro atoms. The first-order valence-electron chi connectivity index (χ1n) is 8.84. The van der Waals surface area contributed by atoms with Gasteiger partial charge in [0, 0.05) is 18.7 Å². The van der Waals surface area contributed by atoms with Gasteiger partial charge in [0.05, 0.1) is 4.88 Å². The lowest BCUT2D eigenvalue weighted by Crippen LogP contribution is -2.14. The van der Waals surface area contributed by atoms with Crippen molar-refractivity contribution in [3.05, 3.63) is 57.8 Å². The van der Waals surface area contributed by atoms with Gasteiger partial charge in [-0.15, -0.1) is 21.5 Å². The minimum Gasteiger partial charge on any atom is -0.476 e. The average molecular weight is 438 g/mol. The number of carboxylic acids is 1. The van der Waals surface area contributed by atoms with Gasteiger partial charge < -0.3 is 15.3 Å². The Morgan fingerprint density at radius 2 is 1.90 bits per heavy atom. The van der Waals surface area contributed by atoms with E-state index in [-0.39, 0.29) is 41.1 Å². The Morgan fingerprint density at radius 3 is 2.52 bits per heavy atom. The van der Waals surface area contributed by atoms with E-state index in [1.807, 2.05) is 0 Å². The zero-order valence-electron chi connectivity index (χ0n) is 16.0. The summed E-state index contributed by atoms with van der Waals surface area (Å²) < 4.78 is 5.66. The minimum absolute atomic E-state index is 0.0130.